The van der Waals surface area contributed by atoms with E-state index in [0.717, 1.165) is 18.7 Å². The molecule has 3 nitrogen and oxygen atoms in total. The van der Waals surface area contributed by atoms with Gasteiger partial charge in [0.15, 0.2) is 0 Å². The molecule has 2 aromatic carbocycles. The Morgan fingerprint density at radius 2 is 2.08 bits per heavy atom. The second-order valence-electron chi connectivity index (χ2n) is 5.60. The van der Waals surface area contributed by atoms with E-state index in [9.17, 15) is 13.2 Å². The minimum atomic E-state index is -4.37. The van der Waals surface area contributed by atoms with E-state index in [0.29, 0.717) is 34.3 Å². The van der Waals surface area contributed by atoms with Gasteiger partial charge in [-0.2, -0.15) is 13.2 Å². The molecule has 0 spiro atoms. The number of nitrogens with one attached hydrogen (secondary N) is 1. The highest BCUT2D eigenvalue weighted by atomic mass is 79.9. The summed E-state index contributed by atoms with van der Waals surface area (Å²) in [6, 6.07) is 10.6. The van der Waals surface area contributed by atoms with E-state index in [4.69, 9.17) is 4.74 Å². The van der Waals surface area contributed by atoms with Crippen LogP contribution in [0.25, 0.3) is 11.1 Å². The van der Waals surface area contributed by atoms with Gasteiger partial charge in [-0.25, -0.2) is 0 Å². The summed E-state index contributed by atoms with van der Waals surface area (Å²) in [6.45, 7) is 1.52. The van der Waals surface area contributed by atoms with Gasteiger partial charge in [-0.15, -0.1) is 0 Å². The van der Waals surface area contributed by atoms with Gasteiger partial charge in [0.1, 0.15) is 6.23 Å². The molecule has 1 saturated heterocycles. The van der Waals surface area contributed by atoms with Gasteiger partial charge in [0, 0.05) is 23.7 Å². The Balaban J connectivity index is 1.83. The third kappa shape index (κ3) is 4.68. The molecular formula is C18H16BrF3N2O. The van der Waals surface area contributed by atoms with Crippen LogP contribution in [0.5, 0.6) is 0 Å². The van der Waals surface area contributed by atoms with Gasteiger partial charge in [0.05, 0.1) is 17.9 Å². The van der Waals surface area contributed by atoms with Crippen LogP contribution < -0.4 is 5.32 Å². The van der Waals surface area contributed by atoms with Gasteiger partial charge in [0.25, 0.3) is 0 Å². The third-order valence-corrected chi connectivity index (χ3v) is 4.50. The Morgan fingerprint density at radius 1 is 1.24 bits per heavy atom. The number of hydrogen-bond donors (Lipinski definition) is 1. The topological polar surface area (TPSA) is 33.6 Å². The molecule has 7 heteroatoms. The van der Waals surface area contributed by atoms with Gasteiger partial charge in [0.2, 0.25) is 0 Å². The van der Waals surface area contributed by atoms with E-state index in [1.165, 1.54) is 6.07 Å². The number of rotatable bonds is 4. The van der Waals surface area contributed by atoms with Gasteiger partial charge < -0.3 is 4.74 Å². The molecule has 1 N–H and O–H groups in total. The van der Waals surface area contributed by atoms with Crippen LogP contribution in [0.1, 0.15) is 12.0 Å². The van der Waals surface area contributed by atoms with Crippen molar-refractivity contribution >= 4 is 27.8 Å². The normalized spacial score (nSPS) is 18.2. The van der Waals surface area contributed by atoms with Crippen molar-refractivity contribution in [3.63, 3.8) is 0 Å². The number of ether oxygens (including phenoxy) is 1. The number of aliphatic imine (C=N–C) groups is 1. The summed E-state index contributed by atoms with van der Waals surface area (Å²) in [7, 11) is 0. The quantitative estimate of drug-likeness (QED) is 0.702. The lowest BCUT2D eigenvalue weighted by Gasteiger charge is -2.11. The third-order valence-electron chi connectivity index (χ3n) is 3.80. The summed E-state index contributed by atoms with van der Waals surface area (Å²) in [5, 5.41) is 3.18. The molecule has 0 aliphatic carbocycles. The van der Waals surface area contributed by atoms with E-state index in [1.807, 2.05) is 0 Å². The molecule has 0 amide bonds. The molecule has 3 rings (SSSR count). The van der Waals surface area contributed by atoms with E-state index in [2.05, 4.69) is 26.2 Å². The van der Waals surface area contributed by atoms with Crippen molar-refractivity contribution < 1.29 is 17.9 Å². The van der Waals surface area contributed by atoms with Gasteiger partial charge in [-0.3, -0.25) is 10.3 Å². The number of nitrogens with zero attached hydrogens (tertiary/aromatic N) is 1. The fraction of sp³-hybridized carbons (Fsp3) is 0.278. The lowest BCUT2D eigenvalue weighted by molar-refractivity contribution is -0.137. The first-order chi connectivity index (χ1) is 11.9. The Labute approximate surface area is 152 Å². The molecule has 2 aromatic rings. The molecule has 0 radical (unpaired) electrons. The summed E-state index contributed by atoms with van der Waals surface area (Å²) in [4.78, 5) is 4.38. The zero-order valence-corrected chi connectivity index (χ0v) is 14.8. The molecule has 0 aromatic heterocycles. The Hall–Kier alpha value is -1.70. The van der Waals surface area contributed by atoms with Crippen molar-refractivity contribution in [2.24, 2.45) is 4.99 Å². The van der Waals surface area contributed by atoms with Crippen molar-refractivity contribution in [1.82, 2.24) is 5.32 Å². The second kappa shape index (κ2) is 7.68. The number of hydrogen-bond acceptors (Lipinski definition) is 3. The lowest BCUT2D eigenvalue weighted by Crippen LogP contribution is -2.22. The van der Waals surface area contributed by atoms with E-state index < -0.39 is 11.7 Å². The maximum Gasteiger partial charge on any atom is 0.416 e. The number of halogens is 4. The predicted molar refractivity (Wildman–Crippen MR) is 95.1 cm³/mol. The molecule has 0 bridgehead atoms. The first-order valence-corrected chi connectivity index (χ1v) is 8.57. The highest BCUT2D eigenvalue weighted by molar-refractivity contribution is 9.10. The molecule has 1 aliphatic rings. The molecule has 25 heavy (non-hydrogen) atoms. The number of alkyl halides is 3. The highest BCUT2D eigenvalue weighted by Crippen LogP contribution is 2.36. The lowest BCUT2D eigenvalue weighted by atomic mass is 10.0. The average Bonchev–Trinajstić information content (AvgIpc) is 3.09. The fourth-order valence-electron chi connectivity index (χ4n) is 2.56. The van der Waals surface area contributed by atoms with Gasteiger partial charge in [-0.1, -0.05) is 28.1 Å². The first kappa shape index (κ1) is 18.1. The van der Waals surface area contributed by atoms with Gasteiger partial charge >= 0.3 is 6.18 Å². The van der Waals surface area contributed by atoms with Gasteiger partial charge in [-0.05, 0) is 41.5 Å². The van der Waals surface area contributed by atoms with Crippen molar-refractivity contribution in [2.75, 3.05) is 13.2 Å². The van der Waals surface area contributed by atoms with Crippen LogP contribution in [0.3, 0.4) is 0 Å². The van der Waals surface area contributed by atoms with Crippen LogP contribution in [-0.4, -0.2) is 25.6 Å². The molecule has 1 aliphatic heterocycles. The molecular weight excluding hydrogens is 397 g/mol. The van der Waals surface area contributed by atoms with Crippen LogP contribution in [0.2, 0.25) is 0 Å². The molecule has 1 unspecified atom stereocenters. The minimum absolute atomic E-state index is 0.0258. The smallest absolute Gasteiger partial charge is 0.362 e. The largest absolute Gasteiger partial charge is 0.416 e. The molecule has 1 fully saturated rings. The standard InChI is InChI=1S/C18H16BrF3N2O/c19-16-5-4-14(23-7-6-17-24-8-9-25-17)11-15(16)12-2-1-3-13(10-12)18(20,21)22/h1-5,7,10-11,17,24H,6,8-9H2. The predicted octanol–water partition coefficient (Wildman–Crippen LogP) is 5.17. The first-order valence-electron chi connectivity index (χ1n) is 7.78. The van der Waals surface area contributed by atoms with E-state index in [1.54, 1.807) is 30.5 Å². The number of benzene rings is 2. The molecule has 132 valence electrons. The molecule has 1 atom stereocenters. The summed E-state index contributed by atoms with van der Waals surface area (Å²) in [5.41, 5.74) is 1.15. The molecule has 1 heterocycles. The summed E-state index contributed by atoms with van der Waals surface area (Å²) in [5.74, 6) is 0. The zero-order valence-electron chi connectivity index (χ0n) is 13.2. The van der Waals surface area contributed by atoms with E-state index >= 15 is 0 Å². The second-order valence-corrected chi connectivity index (χ2v) is 6.46. The summed E-state index contributed by atoms with van der Waals surface area (Å²) >= 11 is 3.40. The maximum absolute atomic E-state index is 12.9. The van der Waals surface area contributed by atoms with Crippen molar-refractivity contribution in [1.29, 1.82) is 0 Å². The summed E-state index contributed by atoms with van der Waals surface area (Å²) in [6.07, 6.45) is -2.01. The Kier molecular flexibility index (Phi) is 5.56. The molecule has 0 saturated carbocycles. The Bertz CT molecular complexity index is 771. The highest BCUT2D eigenvalue weighted by Gasteiger charge is 2.30. The van der Waals surface area contributed by atoms with Crippen LogP contribution in [-0.2, 0) is 10.9 Å². The van der Waals surface area contributed by atoms with E-state index in [-0.39, 0.29) is 6.23 Å². The fourth-order valence-corrected chi connectivity index (χ4v) is 3.04. The monoisotopic (exact) mass is 412 g/mol. The van der Waals surface area contributed by atoms with Crippen LogP contribution >= 0.6 is 15.9 Å². The van der Waals surface area contributed by atoms with Crippen molar-refractivity contribution in [3.8, 4) is 11.1 Å². The Morgan fingerprint density at radius 3 is 2.80 bits per heavy atom. The van der Waals surface area contributed by atoms with Crippen LogP contribution in [0, 0.1) is 0 Å². The SMILES string of the molecule is FC(F)(F)c1cccc(-c2cc(N=CCC3NCCO3)ccc2Br)c1. The zero-order chi connectivity index (χ0) is 17.9. The van der Waals surface area contributed by atoms with Crippen molar-refractivity contribution in [2.45, 2.75) is 18.8 Å². The summed E-state index contributed by atoms with van der Waals surface area (Å²) < 4.78 is 44.9. The maximum atomic E-state index is 12.9. The van der Waals surface area contributed by atoms with Crippen LogP contribution in [0.4, 0.5) is 18.9 Å². The van der Waals surface area contributed by atoms with Crippen molar-refractivity contribution in [3.05, 3.63) is 52.5 Å². The van der Waals surface area contributed by atoms with Crippen LogP contribution in [0.15, 0.2) is 51.9 Å². The minimum Gasteiger partial charge on any atom is -0.362 e. The average molecular weight is 413 g/mol.